The van der Waals surface area contributed by atoms with Crippen LogP contribution < -0.4 is 5.32 Å². The molecule has 0 saturated carbocycles. The van der Waals surface area contributed by atoms with E-state index < -0.39 is 18.2 Å². The van der Waals surface area contributed by atoms with E-state index in [0.29, 0.717) is 19.3 Å². The van der Waals surface area contributed by atoms with E-state index in [2.05, 4.69) is 26.1 Å². The third-order valence-electron chi connectivity index (χ3n) is 12.2. The lowest BCUT2D eigenvalue weighted by atomic mass is 10.0. The molecule has 0 aromatic rings. The number of amides is 1. The molecule has 0 bridgehead atoms. The zero-order valence-electron chi connectivity index (χ0n) is 38.8. The summed E-state index contributed by atoms with van der Waals surface area (Å²) in [5, 5.41) is 23.7. The van der Waals surface area contributed by atoms with E-state index in [-0.39, 0.29) is 24.9 Å². The van der Waals surface area contributed by atoms with Gasteiger partial charge in [0.1, 0.15) is 6.10 Å². The second-order valence-corrected chi connectivity index (χ2v) is 17.9. The summed E-state index contributed by atoms with van der Waals surface area (Å²) in [7, 11) is 0. The molecule has 0 heterocycles. The van der Waals surface area contributed by atoms with Gasteiger partial charge in [-0.3, -0.25) is 9.59 Å². The summed E-state index contributed by atoms with van der Waals surface area (Å²) in [5.41, 5.74) is 0. The van der Waals surface area contributed by atoms with Crippen molar-refractivity contribution in [3.05, 3.63) is 0 Å². The summed E-state index contributed by atoms with van der Waals surface area (Å²) in [5.74, 6) is -0.453. The van der Waals surface area contributed by atoms with Crippen LogP contribution in [0.5, 0.6) is 0 Å². The van der Waals surface area contributed by atoms with E-state index in [0.717, 1.165) is 44.9 Å². The van der Waals surface area contributed by atoms with Crippen molar-refractivity contribution < 1.29 is 24.5 Å². The average Bonchev–Trinajstić information content (AvgIpc) is 3.20. The Morgan fingerprint density at radius 1 is 0.439 bits per heavy atom. The highest BCUT2D eigenvalue weighted by Gasteiger charge is 2.24. The van der Waals surface area contributed by atoms with Gasteiger partial charge in [-0.05, 0) is 25.7 Å². The van der Waals surface area contributed by atoms with Crippen LogP contribution in [0.1, 0.15) is 290 Å². The lowest BCUT2D eigenvalue weighted by Gasteiger charge is -2.24. The second-order valence-electron chi connectivity index (χ2n) is 17.9. The van der Waals surface area contributed by atoms with E-state index >= 15 is 0 Å². The first-order valence-electron chi connectivity index (χ1n) is 25.8. The van der Waals surface area contributed by atoms with Gasteiger partial charge < -0.3 is 20.3 Å². The number of nitrogens with one attached hydrogen (secondary N) is 1. The highest BCUT2D eigenvalue weighted by Crippen LogP contribution is 2.19. The molecule has 0 spiro atoms. The van der Waals surface area contributed by atoms with Crippen LogP contribution in [0.15, 0.2) is 0 Å². The number of hydrogen-bond acceptors (Lipinski definition) is 5. The van der Waals surface area contributed by atoms with Crippen LogP contribution >= 0.6 is 0 Å². The molecule has 0 aromatic carbocycles. The molecule has 6 nitrogen and oxygen atoms in total. The molecular weight excluding hydrogens is 707 g/mol. The van der Waals surface area contributed by atoms with Gasteiger partial charge in [-0.1, -0.05) is 252 Å². The van der Waals surface area contributed by atoms with E-state index in [9.17, 15) is 19.8 Å². The number of hydrogen-bond donors (Lipinski definition) is 3. The molecule has 0 aliphatic carbocycles. The van der Waals surface area contributed by atoms with E-state index in [1.54, 1.807) is 0 Å². The largest absolute Gasteiger partial charge is 0.462 e. The molecule has 0 fully saturated rings. The number of aliphatic hydroxyl groups is 2. The number of aliphatic hydroxyl groups excluding tert-OH is 2. The maximum atomic E-state index is 13.2. The van der Waals surface area contributed by atoms with Crippen LogP contribution in [0.4, 0.5) is 0 Å². The van der Waals surface area contributed by atoms with Crippen molar-refractivity contribution in [2.45, 2.75) is 309 Å². The Bertz CT molecular complexity index is 821. The molecule has 340 valence electrons. The Hall–Kier alpha value is -1.14. The van der Waals surface area contributed by atoms with E-state index in [1.807, 2.05) is 0 Å². The van der Waals surface area contributed by atoms with Gasteiger partial charge in [0.15, 0.2) is 0 Å². The maximum absolute atomic E-state index is 13.2. The number of carbonyl (C=O) groups is 2. The summed E-state index contributed by atoms with van der Waals surface area (Å²) in [6.07, 6.45) is 48.8. The molecule has 0 aliphatic heterocycles. The van der Waals surface area contributed by atoms with Gasteiger partial charge in [-0.15, -0.1) is 0 Å². The van der Waals surface area contributed by atoms with Crippen molar-refractivity contribution in [3.63, 3.8) is 0 Å². The van der Waals surface area contributed by atoms with Gasteiger partial charge >= 0.3 is 5.97 Å². The number of esters is 1. The van der Waals surface area contributed by atoms with Gasteiger partial charge in [-0.25, -0.2) is 0 Å². The summed E-state index contributed by atoms with van der Waals surface area (Å²) in [6, 6.07) is -0.691. The maximum Gasteiger partial charge on any atom is 0.306 e. The van der Waals surface area contributed by atoms with Crippen LogP contribution in [0.2, 0.25) is 0 Å². The molecule has 3 N–H and O–H groups in total. The van der Waals surface area contributed by atoms with Crippen LogP contribution in [0.3, 0.4) is 0 Å². The van der Waals surface area contributed by atoms with Crippen LogP contribution in [-0.2, 0) is 14.3 Å². The number of rotatable bonds is 47. The molecule has 3 atom stereocenters. The van der Waals surface area contributed by atoms with Crippen molar-refractivity contribution in [3.8, 4) is 0 Å². The number of carbonyl (C=O) groups excluding carboxylic acids is 2. The van der Waals surface area contributed by atoms with Crippen LogP contribution in [0, 0.1) is 0 Å². The zero-order valence-corrected chi connectivity index (χ0v) is 38.8. The fraction of sp³-hybridized carbons (Fsp3) is 0.961. The van der Waals surface area contributed by atoms with Crippen molar-refractivity contribution in [2.24, 2.45) is 0 Å². The molecular formula is C51H101NO5. The van der Waals surface area contributed by atoms with Crippen molar-refractivity contribution in [2.75, 3.05) is 6.61 Å². The van der Waals surface area contributed by atoms with Gasteiger partial charge in [0.2, 0.25) is 5.91 Å². The molecule has 3 unspecified atom stereocenters. The first-order valence-corrected chi connectivity index (χ1v) is 25.8. The van der Waals surface area contributed by atoms with Crippen LogP contribution in [0.25, 0.3) is 0 Å². The van der Waals surface area contributed by atoms with Crippen molar-refractivity contribution in [1.82, 2.24) is 5.32 Å². The Kier molecular flexibility index (Phi) is 45.0. The van der Waals surface area contributed by atoms with Gasteiger partial charge in [0.25, 0.3) is 0 Å². The second kappa shape index (κ2) is 45.9. The standard InChI is InChI=1S/C51H101NO5/c1-4-7-10-13-16-19-22-23-24-25-26-27-29-30-33-36-39-42-47(57-51(56)44-41-38-35-32-21-18-15-12-9-6-3)45-50(55)52-48(46-53)49(54)43-40-37-34-31-28-20-17-14-11-8-5-2/h47-49,53-54H,4-46H2,1-3H3,(H,52,55). The Morgan fingerprint density at radius 3 is 1.07 bits per heavy atom. The third-order valence-corrected chi connectivity index (χ3v) is 12.2. The summed E-state index contributed by atoms with van der Waals surface area (Å²) in [6.45, 7) is 6.49. The van der Waals surface area contributed by atoms with Crippen molar-refractivity contribution >= 4 is 11.9 Å². The third kappa shape index (κ3) is 41.4. The molecule has 0 rings (SSSR count). The lowest BCUT2D eigenvalue weighted by molar-refractivity contribution is -0.151. The molecule has 0 aliphatic rings. The SMILES string of the molecule is CCCCCCCCCCCCCCCCCCCC(CC(=O)NC(CO)C(O)CCCCCCCCCCCCC)OC(=O)CCCCCCCCCCCC. The van der Waals surface area contributed by atoms with E-state index in [1.165, 1.54) is 199 Å². The summed E-state index contributed by atoms with van der Waals surface area (Å²) < 4.78 is 5.93. The molecule has 0 aromatic heterocycles. The number of ether oxygens (including phenoxy) is 1. The quantitative estimate of drug-likeness (QED) is 0.0420. The first-order chi connectivity index (χ1) is 28.0. The molecule has 0 radical (unpaired) electrons. The topological polar surface area (TPSA) is 95.9 Å². The van der Waals surface area contributed by atoms with Crippen LogP contribution in [-0.4, -0.2) is 46.9 Å². The van der Waals surface area contributed by atoms with Gasteiger partial charge in [0.05, 0.1) is 25.2 Å². The Morgan fingerprint density at radius 2 is 0.737 bits per heavy atom. The molecule has 0 saturated heterocycles. The fourth-order valence-corrected chi connectivity index (χ4v) is 8.26. The number of unbranched alkanes of at least 4 members (excludes halogenated alkanes) is 35. The predicted octanol–water partition coefficient (Wildman–Crippen LogP) is 15.2. The minimum Gasteiger partial charge on any atom is -0.462 e. The monoisotopic (exact) mass is 808 g/mol. The Labute approximate surface area is 356 Å². The first kappa shape index (κ1) is 55.9. The molecule has 57 heavy (non-hydrogen) atoms. The fourth-order valence-electron chi connectivity index (χ4n) is 8.26. The van der Waals surface area contributed by atoms with Gasteiger partial charge in [-0.2, -0.15) is 0 Å². The minimum atomic E-state index is -0.778. The minimum absolute atomic E-state index is 0.0876. The summed E-state index contributed by atoms with van der Waals surface area (Å²) >= 11 is 0. The highest BCUT2D eigenvalue weighted by atomic mass is 16.5. The lowest BCUT2D eigenvalue weighted by Crippen LogP contribution is -2.46. The molecule has 6 heteroatoms. The Balaban J connectivity index is 4.49. The predicted molar refractivity (Wildman–Crippen MR) is 246 cm³/mol. The smallest absolute Gasteiger partial charge is 0.306 e. The van der Waals surface area contributed by atoms with E-state index in [4.69, 9.17) is 4.74 Å². The highest BCUT2D eigenvalue weighted by molar-refractivity contribution is 5.77. The van der Waals surface area contributed by atoms with Crippen molar-refractivity contribution in [1.29, 1.82) is 0 Å². The summed E-state index contributed by atoms with van der Waals surface area (Å²) in [4.78, 5) is 26.1. The van der Waals surface area contributed by atoms with Gasteiger partial charge in [0, 0.05) is 6.42 Å². The average molecular weight is 808 g/mol. The molecule has 1 amide bonds. The zero-order chi connectivity index (χ0) is 41.7. The normalized spacial score (nSPS) is 13.1.